The van der Waals surface area contributed by atoms with Crippen LogP contribution in [0.1, 0.15) is 50.2 Å². The first-order valence-electron chi connectivity index (χ1n) is 11.5. The molecule has 1 saturated heterocycles. The molecule has 1 aromatic carbocycles. The van der Waals surface area contributed by atoms with Gasteiger partial charge in [-0.05, 0) is 38.3 Å². The highest BCUT2D eigenvalue weighted by Crippen LogP contribution is 2.38. The van der Waals surface area contributed by atoms with Gasteiger partial charge >= 0.3 is 0 Å². The maximum Gasteiger partial charge on any atom is 0.230 e. The fraction of sp³-hybridized carbons (Fsp3) is 0.667. The zero-order chi connectivity index (χ0) is 22.3. The molecule has 1 unspecified atom stereocenters. The van der Waals surface area contributed by atoms with Crippen LogP contribution in [-0.2, 0) is 16.1 Å². The van der Waals surface area contributed by atoms with Crippen molar-refractivity contribution in [3.05, 3.63) is 29.3 Å². The van der Waals surface area contributed by atoms with Crippen LogP contribution in [0.2, 0.25) is 0 Å². The predicted octanol–water partition coefficient (Wildman–Crippen LogP) is 2.87. The Hall–Kier alpha value is -2.28. The average Bonchev–Trinajstić information content (AvgIpc) is 3.43. The van der Waals surface area contributed by atoms with E-state index < -0.39 is 0 Å². The lowest BCUT2D eigenvalue weighted by molar-refractivity contribution is -0.138. The van der Waals surface area contributed by atoms with Crippen LogP contribution >= 0.6 is 0 Å². The molecule has 7 nitrogen and oxygen atoms in total. The number of hydrogen-bond acceptors (Lipinski definition) is 4. The Kier molecular flexibility index (Phi) is 8.18. The number of ether oxygens (including phenoxy) is 2. The van der Waals surface area contributed by atoms with Crippen LogP contribution in [-0.4, -0.2) is 63.3 Å². The molecule has 1 amide bonds. The monoisotopic (exact) mass is 430 g/mol. The Bertz CT molecular complexity index is 766. The van der Waals surface area contributed by atoms with Crippen molar-refractivity contribution >= 4 is 11.9 Å². The fourth-order valence-corrected chi connectivity index (χ4v) is 4.44. The Morgan fingerprint density at radius 3 is 2.71 bits per heavy atom. The first-order chi connectivity index (χ1) is 14.9. The summed E-state index contributed by atoms with van der Waals surface area (Å²) in [5.74, 6) is 1.82. The van der Waals surface area contributed by atoms with E-state index in [0.29, 0.717) is 19.7 Å². The first kappa shape index (κ1) is 23.4. The number of rotatable bonds is 8. The molecule has 0 bridgehead atoms. The Morgan fingerprint density at radius 1 is 1.29 bits per heavy atom. The van der Waals surface area contributed by atoms with E-state index in [1.807, 2.05) is 21.0 Å². The topological polar surface area (TPSA) is 75.2 Å². The molecule has 172 valence electrons. The number of aliphatic imine (C=N–C) groups is 1. The molecule has 2 aliphatic rings. The summed E-state index contributed by atoms with van der Waals surface area (Å²) in [6.07, 6.45) is 5.08. The van der Waals surface area contributed by atoms with Crippen LogP contribution < -0.4 is 15.4 Å². The summed E-state index contributed by atoms with van der Waals surface area (Å²) < 4.78 is 11.7. The molecule has 1 saturated carbocycles. The third-order valence-corrected chi connectivity index (χ3v) is 6.17. The number of benzene rings is 1. The largest absolute Gasteiger partial charge is 0.488 e. The van der Waals surface area contributed by atoms with Crippen LogP contribution in [0, 0.1) is 12.3 Å². The summed E-state index contributed by atoms with van der Waals surface area (Å²) in [5.41, 5.74) is 1.88. The van der Waals surface area contributed by atoms with Gasteiger partial charge in [-0.2, -0.15) is 0 Å². The standard InChI is InChI=1S/C24H38N4O3/c1-5-25-23(27-17-24(11-6-7-12-24)22(29)28(3)4)26-15-19-9-8-18(2)14-21(19)31-20-10-13-30-16-20/h8-9,14,20H,5-7,10-13,15-17H2,1-4H3,(H2,25,26,27). The van der Waals surface area contributed by atoms with E-state index in [2.05, 4.69) is 35.8 Å². The second-order valence-electron chi connectivity index (χ2n) is 8.95. The second kappa shape index (κ2) is 10.8. The molecular formula is C24H38N4O3. The van der Waals surface area contributed by atoms with E-state index in [1.165, 1.54) is 0 Å². The Morgan fingerprint density at radius 2 is 2.06 bits per heavy atom. The van der Waals surface area contributed by atoms with Crippen LogP contribution in [0.3, 0.4) is 0 Å². The highest BCUT2D eigenvalue weighted by atomic mass is 16.5. The molecule has 1 aromatic rings. The van der Waals surface area contributed by atoms with Crippen molar-refractivity contribution in [2.24, 2.45) is 10.4 Å². The molecule has 0 spiro atoms. The SMILES string of the molecule is CCNC(=NCc1ccc(C)cc1OC1CCOC1)NCC1(C(=O)N(C)C)CCCC1. The Balaban J connectivity index is 1.70. The van der Waals surface area contributed by atoms with Gasteiger partial charge in [0.2, 0.25) is 5.91 Å². The summed E-state index contributed by atoms with van der Waals surface area (Å²) in [5, 5.41) is 6.76. The maximum atomic E-state index is 12.9. The van der Waals surface area contributed by atoms with E-state index in [1.54, 1.807) is 4.90 Å². The van der Waals surface area contributed by atoms with E-state index >= 15 is 0 Å². The number of hydrogen-bond donors (Lipinski definition) is 2. The van der Waals surface area contributed by atoms with Crippen molar-refractivity contribution < 1.29 is 14.3 Å². The molecule has 2 N–H and O–H groups in total. The van der Waals surface area contributed by atoms with Gasteiger partial charge in [0, 0.05) is 39.2 Å². The van der Waals surface area contributed by atoms with Gasteiger partial charge in [0.25, 0.3) is 0 Å². The van der Waals surface area contributed by atoms with Crippen molar-refractivity contribution in [3.8, 4) is 5.75 Å². The average molecular weight is 431 g/mol. The lowest BCUT2D eigenvalue weighted by atomic mass is 9.84. The third kappa shape index (κ3) is 6.12. The number of carbonyl (C=O) groups is 1. The number of carbonyl (C=O) groups excluding carboxylic acids is 1. The zero-order valence-corrected chi connectivity index (χ0v) is 19.5. The van der Waals surface area contributed by atoms with Crippen molar-refractivity contribution in [3.63, 3.8) is 0 Å². The van der Waals surface area contributed by atoms with E-state index in [0.717, 1.165) is 68.1 Å². The predicted molar refractivity (Wildman–Crippen MR) is 123 cm³/mol. The molecule has 0 radical (unpaired) electrons. The molecule has 31 heavy (non-hydrogen) atoms. The highest BCUT2D eigenvalue weighted by Gasteiger charge is 2.42. The minimum absolute atomic E-state index is 0.107. The highest BCUT2D eigenvalue weighted by molar-refractivity contribution is 5.85. The molecule has 1 aliphatic carbocycles. The fourth-order valence-electron chi connectivity index (χ4n) is 4.44. The number of nitrogens with one attached hydrogen (secondary N) is 2. The molecular weight excluding hydrogens is 392 g/mol. The van der Waals surface area contributed by atoms with Gasteiger partial charge in [-0.1, -0.05) is 25.0 Å². The summed E-state index contributed by atoms with van der Waals surface area (Å²) in [6, 6.07) is 6.25. The second-order valence-corrected chi connectivity index (χ2v) is 8.95. The summed E-state index contributed by atoms with van der Waals surface area (Å²) in [6.45, 7) is 7.39. The summed E-state index contributed by atoms with van der Waals surface area (Å²) >= 11 is 0. The van der Waals surface area contributed by atoms with Crippen molar-refractivity contribution in [2.75, 3.05) is 40.4 Å². The lowest BCUT2D eigenvalue weighted by Gasteiger charge is -2.31. The normalized spacial score (nSPS) is 20.5. The smallest absolute Gasteiger partial charge is 0.230 e. The number of guanidine groups is 1. The minimum atomic E-state index is -0.333. The Labute approximate surface area is 186 Å². The lowest BCUT2D eigenvalue weighted by Crippen LogP contribution is -2.49. The van der Waals surface area contributed by atoms with Gasteiger partial charge in [0.05, 0.1) is 25.2 Å². The van der Waals surface area contributed by atoms with Crippen LogP contribution in [0.15, 0.2) is 23.2 Å². The van der Waals surface area contributed by atoms with Crippen LogP contribution in [0.4, 0.5) is 0 Å². The molecule has 0 aromatic heterocycles. The van der Waals surface area contributed by atoms with Gasteiger partial charge in [-0.15, -0.1) is 0 Å². The zero-order valence-electron chi connectivity index (χ0n) is 19.5. The first-order valence-corrected chi connectivity index (χ1v) is 11.5. The number of nitrogens with zero attached hydrogens (tertiary/aromatic N) is 2. The van der Waals surface area contributed by atoms with Gasteiger partial charge in [-0.3, -0.25) is 4.79 Å². The van der Waals surface area contributed by atoms with Crippen LogP contribution in [0.5, 0.6) is 5.75 Å². The third-order valence-electron chi connectivity index (χ3n) is 6.17. The molecule has 7 heteroatoms. The van der Waals surface area contributed by atoms with E-state index in [9.17, 15) is 4.79 Å². The molecule has 1 heterocycles. The van der Waals surface area contributed by atoms with E-state index in [-0.39, 0.29) is 17.4 Å². The molecule has 3 rings (SSSR count). The number of amides is 1. The van der Waals surface area contributed by atoms with Crippen LogP contribution in [0.25, 0.3) is 0 Å². The van der Waals surface area contributed by atoms with Gasteiger partial charge < -0.3 is 25.0 Å². The molecule has 2 fully saturated rings. The van der Waals surface area contributed by atoms with Crippen molar-refractivity contribution in [2.45, 2.75) is 58.6 Å². The molecule has 1 aliphatic heterocycles. The van der Waals surface area contributed by atoms with Gasteiger partial charge in [0.1, 0.15) is 11.9 Å². The van der Waals surface area contributed by atoms with Gasteiger partial charge in [-0.25, -0.2) is 4.99 Å². The maximum absolute atomic E-state index is 12.9. The quantitative estimate of drug-likeness (QED) is 0.490. The molecule has 1 atom stereocenters. The summed E-state index contributed by atoms with van der Waals surface area (Å²) in [7, 11) is 3.69. The minimum Gasteiger partial charge on any atom is -0.488 e. The van der Waals surface area contributed by atoms with Crippen molar-refractivity contribution in [1.82, 2.24) is 15.5 Å². The number of aryl methyl sites for hydroxylation is 1. The summed E-state index contributed by atoms with van der Waals surface area (Å²) in [4.78, 5) is 19.4. The van der Waals surface area contributed by atoms with Crippen molar-refractivity contribution in [1.29, 1.82) is 0 Å². The van der Waals surface area contributed by atoms with E-state index in [4.69, 9.17) is 14.5 Å². The van der Waals surface area contributed by atoms with Gasteiger partial charge in [0.15, 0.2) is 5.96 Å².